The summed E-state index contributed by atoms with van der Waals surface area (Å²) < 4.78 is 16.2. The van der Waals surface area contributed by atoms with Crippen molar-refractivity contribution in [3.63, 3.8) is 0 Å². The lowest BCUT2D eigenvalue weighted by Gasteiger charge is -2.28. The van der Waals surface area contributed by atoms with Crippen LogP contribution in [0.15, 0.2) is 39.5 Å². The van der Waals surface area contributed by atoms with Crippen molar-refractivity contribution in [2.45, 2.75) is 25.7 Å². The van der Waals surface area contributed by atoms with Crippen LogP contribution in [-0.4, -0.2) is 45.4 Å². The summed E-state index contributed by atoms with van der Waals surface area (Å²) in [5.74, 6) is 0.358. The SMILES string of the molecule is Cc1cc(C2CCOCC2)oc(=O)c1C(=O)Nc1ccc(N2CCOCC2)cc1. The maximum absolute atomic E-state index is 12.7. The molecule has 0 spiro atoms. The van der Waals surface area contributed by atoms with Crippen LogP contribution in [0.2, 0.25) is 0 Å². The fraction of sp³-hybridized carbons (Fsp3) is 0.455. The first kappa shape index (κ1) is 19.7. The predicted octanol–water partition coefficient (Wildman–Crippen LogP) is 2.93. The van der Waals surface area contributed by atoms with Gasteiger partial charge in [-0.25, -0.2) is 4.79 Å². The molecule has 0 atom stereocenters. The van der Waals surface area contributed by atoms with E-state index in [1.807, 2.05) is 30.3 Å². The number of nitrogens with one attached hydrogen (secondary N) is 1. The Balaban J connectivity index is 1.47. The molecule has 2 aliphatic heterocycles. The fourth-order valence-corrected chi connectivity index (χ4v) is 3.86. The van der Waals surface area contributed by atoms with Crippen LogP contribution in [0.1, 0.15) is 40.4 Å². The molecular formula is C22H26N2O5. The summed E-state index contributed by atoms with van der Waals surface area (Å²) in [4.78, 5) is 27.5. The molecule has 2 saturated heterocycles. The minimum absolute atomic E-state index is 0.0538. The molecule has 2 aromatic rings. The molecule has 1 aromatic carbocycles. The topological polar surface area (TPSA) is 81.0 Å². The second kappa shape index (κ2) is 8.80. The van der Waals surface area contributed by atoms with Gasteiger partial charge in [0, 0.05) is 43.6 Å². The Kier molecular flexibility index (Phi) is 5.97. The van der Waals surface area contributed by atoms with E-state index in [0.29, 0.717) is 30.2 Å². The zero-order chi connectivity index (χ0) is 20.2. The first-order valence-corrected chi connectivity index (χ1v) is 10.1. The number of nitrogens with zero attached hydrogens (tertiary/aromatic N) is 1. The summed E-state index contributed by atoms with van der Waals surface area (Å²) in [6.45, 7) is 6.24. The third kappa shape index (κ3) is 4.52. The lowest BCUT2D eigenvalue weighted by molar-refractivity contribution is 0.0796. The van der Waals surface area contributed by atoms with Crippen LogP contribution in [0, 0.1) is 6.92 Å². The van der Waals surface area contributed by atoms with E-state index in [4.69, 9.17) is 13.9 Å². The average molecular weight is 398 g/mol. The van der Waals surface area contributed by atoms with Crippen molar-refractivity contribution < 1.29 is 18.7 Å². The second-order valence-corrected chi connectivity index (χ2v) is 7.48. The highest BCUT2D eigenvalue weighted by Gasteiger charge is 2.23. The maximum atomic E-state index is 12.7. The number of anilines is 2. The van der Waals surface area contributed by atoms with E-state index in [9.17, 15) is 9.59 Å². The van der Waals surface area contributed by atoms with Gasteiger partial charge in [0.15, 0.2) is 0 Å². The molecular weight excluding hydrogens is 372 g/mol. The monoisotopic (exact) mass is 398 g/mol. The molecule has 0 aliphatic carbocycles. The van der Waals surface area contributed by atoms with Crippen molar-refractivity contribution in [2.75, 3.05) is 49.7 Å². The van der Waals surface area contributed by atoms with E-state index in [1.54, 1.807) is 6.92 Å². The molecule has 4 rings (SSSR count). The molecule has 0 unspecified atom stereocenters. The van der Waals surface area contributed by atoms with Gasteiger partial charge in [-0.1, -0.05) is 0 Å². The number of benzene rings is 1. The first-order chi connectivity index (χ1) is 14.1. The Morgan fingerprint density at radius 2 is 1.69 bits per heavy atom. The molecule has 7 heteroatoms. The van der Waals surface area contributed by atoms with Crippen LogP contribution in [0.5, 0.6) is 0 Å². The van der Waals surface area contributed by atoms with Gasteiger partial charge in [0.1, 0.15) is 11.3 Å². The van der Waals surface area contributed by atoms with Crippen LogP contribution >= 0.6 is 0 Å². The smallest absolute Gasteiger partial charge is 0.349 e. The van der Waals surface area contributed by atoms with E-state index >= 15 is 0 Å². The third-order valence-electron chi connectivity index (χ3n) is 5.52. The van der Waals surface area contributed by atoms with E-state index < -0.39 is 11.5 Å². The zero-order valence-corrected chi connectivity index (χ0v) is 16.6. The Morgan fingerprint density at radius 3 is 2.34 bits per heavy atom. The number of carbonyl (C=O) groups excluding carboxylic acids is 1. The summed E-state index contributed by atoms with van der Waals surface area (Å²) in [5.41, 5.74) is 1.82. The number of carbonyl (C=O) groups is 1. The van der Waals surface area contributed by atoms with Crippen molar-refractivity contribution in [3.8, 4) is 0 Å². The predicted molar refractivity (Wildman–Crippen MR) is 110 cm³/mol. The summed E-state index contributed by atoms with van der Waals surface area (Å²) in [6, 6.07) is 9.43. The number of morpholine rings is 1. The van der Waals surface area contributed by atoms with Gasteiger partial charge >= 0.3 is 5.63 Å². The van der Waals surface area contributed by atoms with E-state index in [1.165, 1.54) is 0 Å². The summed E-state index contributed by atoms with van der Waals surface area (Å²) in [6.07, 6.45) is 1.65. The molecule has 2 aliphatic rings. The van der Waals surface area contributed by atoms with Gasteiger partial charge in [-0.05, 0) is 55.7 Å². The van der Waals surface area contributed by atoms with Crippen LogP contribution in [-0.2, 0) is 9.47 Å². The van der Waals surface area contributed by atoms with Crippen molar-refractivity contribution >= 4 is 17.3 Å². The van der Waals surface area contributed by atoms with Crippen LogP contribution in [0.3, 0.4) is 0 Å². The van der Waals surface area contributed by atoms with Crippen molar-refractivity contribution in [1.82, 2.24) is 0 Å². The minimum Gasteiger partial charge on any atom is -0.427 e. The van der Waals surface area contributed by atoms with Crippen molar-refractivity contribution in [1.29, 1.82) is 0 Å². The lowest BCUT2D eigenvalue weighted by Crippen LogP contribution is -2.36. The van der Waals surface area contributed by atoms with Gasteiger partial charge in [-0.15, -0.1) is 0 Å². The second-order valence-electron chi connectivity index (χ2n) is 7.48. The number of amides is 1. The summed E-state index contributed by atoms with van der Waals surface area (Å²) >= 11 is 0. The molecule has 7 nitrogen and oxygen atoms in total. The number of hydrogen-bond donors (Lipinski definition) is 1. The number of rotatable bonds is 4. The van der Waals surface area contributed by atoms with E-state index in [0.717, 1.165) is 44.8 Å². The standard InChI is InChI=1S/C22H26N2O5/c1-15-14-19(16-6-10-27-11-7-16)29-22(26)20(15)21(25)23-17-2-4-18(5-3-17)24-8-12-28-13-9-24/h2-5,14,16H,6-13H2,1H3,(H,23,25). The van der Waals surface area contributed by atoms with E-state index in [-0.39, 0.29) is 11.5 Å². The average Bonchev–Trinajstić information content (AvgIpc) is 2.75. The molecule has 0 radical (unpaired) electrons. The Hall–Kier alpha value is -2.64. The normalized spacial score (nSPS) is 17.9. The minimum atomic E-state index is -0.589. The Bertz CT molecular complexity index is 910. The largest absolute Gasteiger partial charge is 0.427 e. The molecule has 3 heterocycles. The van der Waals surface area contributed by atoms with Crippen molar-refractivity contribution in [3.05, 3.63) is 57.6 Å². The molecule has 2 fully saturated rings. The first-order valence-electron chi connectivity index (χ1n) is 10.1. The molecule has 1 N–H and O–H groups in total. The van der Waals surface area contributed by atoms with Gasteiger partial charge < -0.3 is 24.1 Å². The van der Waals surface area contributed by atoms with Gasteiger partial charge in [0.2, 0.25) is 0 Å². The number of ether oxygens (including phenoxy) is 2. The number of hydrogen-bond acceptors (Lipinski definition) is 6. The van der Waals surface area contributed by atoms with Gasteiger partial charge in [0.25, 0.3) is 5.91 Å². The highest BCUT2D eigenvalue weighted by Crippen LogP contribution is 2.27. The molecule has 1 aromatic heterocycles. The van der Waals surface area contributed by atoms with Crippen LogP contribution in [0.25, 0.3) is 0 Å². The molecule has 0 bridgehead atoms. The Morgan fingerprint density at radius 1 is 1.03 bits per heavy atom. The summed E-state index contributed by atoms with van der Waals surface area (Å²) in [7, 11) is 0. The highest BCUT2D eigenvalue weighted by molar-refractivity contribution is 6.04. The van der Waals surface area contributed by atoms with Gasteiger partial charge in [0.05, 0.1) is 13.2 Å². The van der Waals surface area contributed by atoms with E-state index in [2.05, 4.69) is 10.2 Å². The van der Waals surface area contributed by atoms with Gasteiger partial charge in [-0.3, -0.25) is 4.79 Å². The lowest BCUT2D eigenvalue weighted by atomic mass is 9.95. The molecule has 0 saturated carbocycles. The molecule has 154 valence electrons. The third-order valence-corrected chi connectivity index (χ3v) is 5.52. The zero-order valence-electron chi connectivity index (χ0n) is 16.6. The van der Waals surface area contributed by atoms with Crippen LogP contribution in [0.4, 0.5) is 11.4 Å². The van der Waals surface area contributed by atoms with Gasteiger partial charge in [-0.2, -0.15) is 0 Å². The number of aryl methyl sites for hydroxylation is 1. The van der Waals surface area contributed by atoms with Crippen molar-refractivity contribution in [2.24, 2.45) is 0 Å². The maximum Gasteiger partial charge on any atom is 0.349 e. The fourth-order valence-electron chi connectivity index (χ4n) is 3.86. The highest BCUT2D eigenvalue weighted by atomic mass is 16.5. The quantitative estimate of drug-likeness (QED) is 0.853. The van der Waals surface area contributed by atoms with Crippen LogP contribution < -0.4 is 15.8 Å². The Labute approximate surface area is 169 Å². The molecule has 1 amide bonds. The summed E-state index contributed by atoms with van der Waals surface area (Å²) in [5, 5.41) is 2.81. The molecule has 29 heavy (non-hydrogen) atoms.